The predicted molar refractivity (Wildman–Crippen MR) is 94.3 cm³/mol. The average Bonchev–Trinajstić information content (AvgIpc) is 3.31. The zero-order valence-electron chi connectivity index (χ0n) is 14.0. The smallest absolute Gasteiger partial charge is 0.256 e. The lowest BCUT2D eigenvalue weighted by Crippen LogP contribution is -2.51. The van der Waals surface area contributed by atoms with Crippen molar-refractivity contribution in [3.8, 4) is 11.6 Å². The highest BCUT2D eigenvalue weighted by Gasteiger charge is 2.39. The van der Waals surface area contributed by atoms with E-state index in [2.05, 4.69) is 20.6 Å². The summed E-state index contributed by atoms with van der Waals surface area (Å²) in [5, 5.41) is 6.23. The van der Waals surface area contributed by atoms with E-state index >= 15 is 0 Å². The minimum Gasteiger partial charge on any atom is -0.461 e. The maximum absolute atomic E-state index is 12.7. The van der Waals surface area contributed by atoms with E-state index in [9.17, 15) is 4.79 Å². The van der Waals surface area contributed by atoms with Crippen molar-refractivity contribution in [2.24, 2.45) is 0 Å². The summed E-state index contributed by atoms with van der Waals surface area (Å²) >= 11 is 0. The van der Waals surface area contributed by atoms with Crippen LogP contribution >= 0.6 is 0 Å². The number of hydrogen-bond donors (Lipinski definition) is 3. The summed E-state index contributed by atoms with van der Waals surface area (Å²) in [6, 6.07) is 9.25. The van der Waals surface area contributed by atoms with Crippen molar-refractivity contribution in [3.63, 3.8) is 0 Å². The van der Waals surface area contributed by atoms with Crippen LogP contribution in [0.25, 0.3) is 22.6 Å². The zero-order valence-corrected chi connectivity index (χ0v) is 14.0. The molecule has 0 radical (unpaired) electrons. The van der Waals surface area contributed by atoms with Gasteiger partial charge < -0.3 is 24.8 Å². The molecule has 3 aromatic rings. The Balaban J connectivity index is 1.58. The van der Waals surface area contributed by atoms with Crippen molar-refractivity contribution in [2.75, 3.05) is 25.5 Å². The molecule has 1 aliphatic heterocycles. The van der Waals surface area contributed by atoms with Gasteiger partial charge in [0.05, 0.1) is 17.3 Å². The number of carbonyl (C=O) groups is 1. The van der Waals surface area contributed by atoms with Gasteiger partial charge in [-0.3, -0.25) is 4.79 Å². The molecule has 1 aromatic carbocycles. The van der Waals surface area contributed by atoms with Crippen molar-refractivity contribution in [2.45, 2.75) is 18.4 Å². The third-order valence-corrected chi connectivity index (χ3v) is 4.71. The summed E-state index contributed by atoms with van der Waals surface area (Å²) in [4.78, 5) is 20.5. The first-order chi connectivity index (χ1) is 12.2. The Morgan fingerprint density at radius 3 is 2.88 bits per heavy atom. The van der Waals surface area contributed by atoms with Crippen molar-refractivity contribution < 1.29 is 13.9 Å². The van der Waals surface area contributed by atoms with E-state index in [-0.39, 0.29) is 5.91 Å². The van der Waals surface area contributed by atoms with Gasteiger partial charge in [-0.05, 0) is 56.3 Å². The zero-order chi connectivity index (χ0) is 17.3. The number of furan rings is 1. The van der Waals surface area contributed by atoms with Crippen LogP contribution < -0.4 is 10.6 Å². The van der Waals surface area contributed by atoms with Gasteiger partial charge in [0.25, 0.3) is 5.91 Å². The second kappa shape index (κ2) is 6.34. The quantitative estimate of drug-likeness (QED) is 0.679. The van der Waals surface area contributed by atoms with Crippen LogP contribution in [0.15, 0.2) is 41.0 Å². The van der Waals surface area contributed by atoms with Crippen LogP contribution in [0.3, 0.4) is 0 Å². The van der Waals surface area contributed by atoms with E-state index in [1.807, 2.05) is 30.3 Å². The molecular formula is C18H20N4O3. The number of methoxy groups -OCH3 is 1. The van der Waals surface area contributed by atoms with E-state index in [1.54, 1.807) is 13.4 Å². The first kappa shape index (κ1) is 15.9. The van der Waals surface area contributed by atoms with Gasteiger partial charge in [0, 0.05) is 12.8 Å². The standard InChI is InChI=1S/C18H20N4O3/c1-24-18(6-8-19-9-7-18)17(23)20-12-4-5-13-14(11-12)22-16(21-13)15-3-2-10-25-15/h2-5,10-11,19H,6-9H2,1H3,(H,20,23)(H,21,22). The molecule has 1 amide bonds. The minimum absolute atomic E-state index is 0.110. The lowest BCUT2D eigenvalue weighted by Gasteiger charge is -2.34. The Hall–Kier alpha value is -2.64. The molecule has 130 valence electrons. The SMILES string of the molecule is COC1(C(=O)Nc2ccc3nc(-c4ccco4)[nH]c3c2)CCNCC1. The maximum Gasteiger partial charge on any atom is 0.256 e. The molecule has 0 saturated carbocycles. The number of imidazole rings is 1. The van der Waals surface area contributed by atoms with Gasteiger partial charge in [0.2, 0.25) is 0 Å². The number of fused-ring (bicyclic) bond motifs is 1. The molecule has 7 nitrogen and oxygen atoms in total. The van der Waals surface area contributed by atoms with Gasteiger partial charge >= 0.3 is 0 Å². The van der Waals surface area contributed by atoms with Crippen LogP contribution in [-0.4, -0.2) is 41.7 Å². The van der Waals surface area contributed by atoms with Crippen LogP contribution in [-0.2, 0) is 9.53 Å². The number of anilines is 1. The molecular weight excluding hydrogens is 320 g/mol. The predicted octanol–water partition coefficient (Wildman–Crippen LogP) is 2.53. The second-order valence-electron chi connectivity index (χ2n) is 6.20. The Bertz CT molecular complexity index is 879. The molecule has 1 saturated heterocycles. The van der Waals surface area contributed by atoms with Crippen molar-refractivity contribution in [3.05, 3.63) is 36.6 Å². The highest BCUT2D eigenvalue weighted by atomic mass is 16.5. The van der Waals surface area contributed by atoms with Gasteiger partial charge in [0.15, 0.2) is 11.6 Å². The molecule has 3 N–H and O–H groups in total. The Morgan fingerprint density at radius 2 is 2.16 bits per heavy atom. The normalized spacial score (nSPS) is 16.8. The largest absolute Gasteiger partial charge is 0.461 e. The van der Waals surface area contributed by atoms with Gasteiger partial charge in [-0.25, -0.2) is 4.98 Å². The number of piperidine rings is 1. The summed E-state index contributed by atoms with van der Waals surface area (Å²) < 4.78 is 10.9. The molecule has 0 atom stereocenters. The molecule has 2 aromatic heterocycles. The van der Waals surface area contributed by atoms with E-state index in [1.165, 1.54) is 0 Å². The molecule has 25 heavy (non-hydrogen) atoms. The summed E-state index contributed by atoms with van der Waals surface area (Å²) in [6.07, 6.45) is 2.92. The Labute approximate surface area is 144 Å². The monoisotopic (exact) mass is 340 g/mol. The number of aromatic nitrogens is 2. The number of carbonyl (C=O) groups excluding carboxylic acids is 1. The third-order valence-electron chi connectivity index (χ3n) is 4.71. The molecule has 4 rings (SSSR count). The highest BCUT2D eigenvalue weighted by Crippen LogP contribution is 2.26. The number of amides is 1. The lowest BCUT2D eigenvalue weighted by molar-refractivity contribution is -0.140. The van der Waals surface area contributed by atoms with Gasteiger partial charge in [-0.1, -0.05) is 0 Å². The summed E-state index contributed by atoms with van der Waals surface area (Å²) in [5.41, 5.74) is 1.59. The van der Waals surface area contributed by atoms with E-state index in [4.69, 9.17) is 9.15 Å². The molecule has 0 spiro atoms. The van der Waals surface area contributed by atoms with Crippen LogP contribution in [0.2, 0.25) is 0 Å². The van der Waals surface area contributed by atoms with Crippen LogP contribution in [0.1, 0.15) is 12.8 Å². The maximum atomic E-state index is 12.7. The first-order valence-corrected chi connectivity index (χ1v) is 8.31. The topological polar surface area (TPSA) is 92.2 Å². The number of benzene rings is 1. The molecule has 1 aliphatic rings. The summed E-state index contributed by atoms with van der Waals surface area (Å²) in [5.74, 6) is 1.23. The number of nitrogens with zero attached hydrogens (tertiary/aromatic N) is 1. The van der Waals surface area contributed by atoms with Crippen molar-refractivity contribution in [1.82, 2.24) is 15.3 Å². The van der Waals surface area contributed by atoms with E-state index in [0.29, 0.717) is 30.1 Å². The molecule has 7 heteroatoms. The molecule has 3 heterocycles. The molecule has 0 aliphatic carbocycles. The Kier molecular flexibility index (Phi) is 4.03. The number of aromatic amines is 1. The van der Waals surface area contributed by atoms with Gasteiger partial charge in [-0.15, -0.1) is 0 Å². The average molecular weight is 340 g/mol. The van der Waals surface area contributed by atoms with Crippen molar-refractivity contribution >= 4 is 22.6 Å². The number of nitrogens with one attached hydrogen (secondary N) is 3. The lowest BCUT2D eigenvalue weighted by atomic mass is 9.91. The van der Waals surface area contributed by atoms with Crippen molar-refractivity contribution in [1.29, 1.82) is 0 Å². The van der Waals surface area contributed by atoms with Crippen LogP contribution in [0.4, 0.5) is 5.69 Å². The number of rotatable bonds is 4. The molecule has 1 fully saturated rings. The van der Waals surface area contributed by atoms with Crippen LogP contribution in [0.5, 0.6) is 0 Å². The number of H-pyrrole nitrogens is 1. The molecule has 0 bridgehead atoms. The Morgan fingerprint density at radius 1 is 1.32 bits per heavy atom. The highest BCUT2D eigenvalue weighted by molar-refractivity contribution is 5.98. The van der Waals surface area contributed by atoms with Gasteiger partial charge in [0.1, 0.15) is 5.60 Å². The van der Waals surface area contributed by atoms with E-state index in [0.717, 1.165) is 24.1 Å². The fraction of sp³-hybridized carbons (Fsp3) is 0.333. The second-order valence-corrected chi connectivity index (χ2v) is 6.20. The minimum atomic E-state index is -0.770. The third kappa shape index (κ3) is 2.92. The van der Waals surface area contributed by atoms with E-state index < -0.39 is 5.60 Å². The summed E-state index contributed by atoms with van der Waals surface area (Å²) in [7, 11) is 1.60. The van der Waals surface area contributed by atoms with Gasteiger partial charge in [-0.2, -0.15) is 0 Å². The number of ether oxygens (including phenoxy) is 1. The summed E-state index contributed by atoms with van der Waals surface area (Å²) in [6.45, 7) is 1.54. The fourth-order valence-corrected chi connectivity index (χ4v) is 3.22. The number of hydrogen-bond acceptors (Lipinski definition) is 5. The fourth-order valence-electron chi connectivity index (χ4n) is 3.22. The first-order valence-electron chi connectivity index (χ1n) is 8.31. The van der Waals surface area contributed by atoms with Crippen LogP contribution in [0, 0.1) is 0 Å². The molecule has 0 unspecified atom stereocenters.